The molecule has 7 nitrogen and oxygen atoms in total. The van der Waals surface area contributed by atoms with Gasteiger partial charge in [-0.25, -0.2) is 0 Å². The number of aromatic nitrogens is 3. The van der Waals surface area contributed by atoms with Gasteiger partial charge < -0.3 is 15.6 Å². The molecule has 33 heavy (non-hydrogen) atoms. The zero-order chi connectivity index (χ0) is 23.8. The first-order valence-corrected chi connectivity index (χ1v) is 10.9. The lowest BCUT2D eigenvalue weighted by molar-refractivity contribution is -0.159. The van der Waals surface area contributed by atoms with Gasteiger partial charge in [0.25, 0.3) is 5.56 Å². The molecule has 0 radical (unpaired) electrons. The summed E-state index contributed by atoms with van der Waals surface area (Å²) < 4.78 is 42.2. The van der Waals surface area contributed by atoms with Crippen LogP contribution in [-0.2, 0) is 0 Å². The monoisotopic (exact) mass is 458 g/mol. The van der Waals surface area contributed by atoms with Crippen LogP contribution in [-0.4, -0.2) is 27.0 Å². The molecule has 1 aliphatic carbocycles. The lowest BCUT2D eigenvalue weighted by Gasteiger charge is -2.24. The van der Waals surface area contributed by atoms with Gasteiger partial charge in [0.05, 0.1) is 23.5 Å². The molecular formula is C23H25F3N6O. The number of nitrogens with one attached hydrogen (secondary N) is 3. The standard InChI is InChI=1S/C23H25F3N6O/c1-13(2)29-20(23(24,25)26)14-6-8-16(9-7-14)30-21-19-18(10-11-28-22(19)33)32(31-21)17-5-3-4-15(17)12-27/h6-11,13,15,17,20,29H,3-5H2,1-2H3,(H,28,33)(H,30,31). The van der Waals surface area contributed by atoms with Gasteiger partial charge in [0.1, 0.15) is 11.4 Å². The number of rotatable bonds is 6. The zero-order valence-electron chi connectivity index (χ0n) is 18.3. The molecule has 0 amide bonds. The number of hydrogen-bond donors (Lipinski definition) is 3. The van der Waals surface area contributed by atoms with Crippen molar-refractivity contribution in [2.75, 3.05) is 5.32 Å². The first kappa shape index (κ1) is 22.9. The molecule has 3 atom stereocenters. The van der Waals surface area contributed by atoms with Crippen LogP contribution in [0.15, 0.2) is 41.3 Å². The molecule has 1 aliphatic rings. The molecule has 0 bridgehead atoms. The fourth-order valence-electron chi connectivity index (χ4n) is 4.43. The van der Waals surface area contributed by atoms with E-state index in [1.807, 2.05) is 0 Å². The molecule has 174 valence electrons. The molecule has 0 saturated heterocycles. The summed E-state index contributed by atoms with van der Waals surface area (Å²) in [6, 6.07) is 7.70. The molecule has 0 spiro atoms. The lowest BCUT2D eigenvalue weighted by atomic mass is 10.0. The molecule has 4 rings (SSSR count). The quantitative estimate of drug-likeness (QED) is 0.486. The summed E-state index contributed by atoms with van der Waals surface area (Å²) in [7, 11) is 0. The lowest BCUT2D eigenvalue weighted by Crippen LogP contribution is -2.38. The maximum absolute atomic E-state index is 13.5. The van der Waals surface area contributed by atoms with Crippen LogP contribution < -0.4 is 16.2 Å². The number of pyridine rings is 1. The van der Waals surface area contributed by atoms with E-state index in [4.69, 9.17) is 0 Å². The second-order valence-corrected chi connectivity index (χ2v) is 8.64. The SMILES string of the molecule is CC(C)NC(c1ccc(Nc2nn(C3CCCC3C#N)c3cc[nH]c(=O)c23)cc1)C(F)(F)F. The Labute approximate surface area is 188 Å². The van der Waals surface area contributed by atoms with E-state index >= 15 is 0 Å². The van der Waals surface area contributed by atoms with E-state index in [1.54, 1.807) is 24.6 Å². The van der Waals surface area contributed by atoms with Gasteiger partial charge in [-0.3, -0.25) is 9.48 Å². The van der Waals surface area contributed by atoms with Crippen LogP contribution in [0.2, 0.25) is 0 Å². The maximum atomic E-state index is 13.5. The first-order chi connectivity index (χ1) is 15.7. The third-order valence-electron chi connectivity index (χ3n) is 5.92. The topological polar surface area (TPSA) is 98.5 Å². The molecule has 3 unspecified atom stereocenters. The summed E-state index contributed by atoms with van der Waals surface area (Å²) in [5, 5.41) is 20.1. The number of hydrogen-bond acceptors (Lipinski definition) is 5. The first-order valence-electron chi connectivity index (χ1n) is 10.9. The van der Waals surface area contributed by atoms with Gasteiger partial charge in [0.15, 0.2) is 5.82 Å². The van der Waals surface area contributed by atoms with Gasteiger partial charge in [0, 0.05) is 17.9 Å². The largest absolute Gasteiger partial charge is 0.407 e. The van der Waals surface area contributed by atoms with E-state index in [9.17, 15) is 23.2 Å². The van der Waals surface area contributed by atoms with Crippen molar-refractivity contribution in [1.29, 1.82) is 5.26 Å². The third kappa shape index (κ3) is 4.59. The summed E-state index contributed by atoms with van der Waals surface area (Å²) in [6.45, 7) is 3.32. The number of nitrogens with zero attached hydrogens (tertiary/aromatic N) is 3. The maximum Gasteiger partial charge on any atom is 0.407 e. The Morgan fingerprint density at radius 2 is 1.94 bits per heavy atom. The van der Waals surface area contributed by atoms with Gasteiger partial charge in [-0.2, -0.15) is 23.5 Å². The Morgan fingerprint density at radius 1 is 1.21 bits per heavy atom. The molecule has 3 N–H and O–H groups in total. The number of halogens is 3. The number of alkyl halides is 3. The van der Waals surface area contributed by atoms with E-state index in [-0.39, 0.29) is 29.1 Å². The number of fused-ring (bicyclic) bond motifs is 1. The molecule has 1 aromatic carbocycles. The summed E-state index contributed by atoms with van der Waals surface area (Å²) >= 11 is 0. The van der Waals surface area contributed by atoms with Crippen LogP contribution in [0.25, 0.3) is 10.9 Å². The number of nitriles is 1. The highest BCUT2D eigenvalue weighted by molar-refractivity contribution is 5.91. The van der Waals surface area contributed by atoms with E-state index in [1.165, 1.54) is 30.5 Å². The van der Waals surface area contributed by atoms with Crippen molar-refractivity contribution in [1.82, 2.24) is 20.1 Å². The number of benzene rings is 1. The molecular weight excluding hydrogens is 433 g/mol. The van der Waals surface area contributed by atoms with E-state index in [0.717, 1.165) is 19.3 Å². The number of aromatic amines is 1. The fraction of sp³-hybridized carbons (Fsp3) is 0.435. The Kier molecular flexibility index (Phi) is 6.17. The van der Waals surface area contributed by atoms with Gasteiger partial charge in [-0.05, 0) is 43.0 Å². The Bertz CT molecular complexity index is 1220. The Balaban J connectivity index is 1.67. The van der Waals surface area contributed by atoms with Crippen molar-refractivity contribution in [3.8, 4) is 6.07 Å². The van der Waals surface area contributed by atoms with Crippen molar-refractivity contribution in [2.24, 2.45) is 5.92 Å². The second-order valence-electron chi connectivity index (χ2n) is 8.64. The minimum atomic E-state index is -4.43. The third-order valence-corrected chi connectivity index (χ3v) is 5.92. The Hall–Kier alpha value is -3.32. The molecule has 3 aromatic rings. The minimum Gasteiger partial charge on any atom is -0.338 e. The predicted octanol–water partition coefficient (Wildman–Crippen LogP) is 4.93. The average molecular weight is 458 g/mol. The minimum absolute atomic E-state index is 0.0952. The number of anilines is 2. The zero-order valence-corrected chi connectivity index (χ0v) is 18.3. The van der Waals surface area contributed by atoms with Crippen LogP contribution in [0, 0.1) is 17.2 Å². The summed E-state index contributed by atoms with van der Waals surface area (Å²) in [6.07, 6.45) is -0.419. The molecule has 1 saturated carbocycles. The molecule has 0 aliphatic heterocycles. The van der Waals surface area contributed by atoms with Crippen molar-refractivity contribution < 1.29 is 13.2 Å². The fourth-order valence-corrected chi connectivity index (χ4v) is 4.43. The van der Waals surface area contributed by atoms with E-state index < -0.39 is 12.2 Å². The second kappa shape index (κ2) is 8.90. The summed E-state index contributed by atoms with van der Waals surface area (Å²) in [5.74, 6) is 0.114. The Morgan fingerprint density at radius 3 is 2.58 bits per heavy atom. The molecule has 2 aromatic heterocycles. The molecule has 1 fully saturated rings. The van der Waals surface area contributed by atoms with Crippen LogP contribution >= 0.6 is 0 Å². The van der Waals surface area contributed by atoms with Crippen LogP contribution in [0.3, 0.4) is 0 Å². The highest BCUT2D eigenvalue weighted by Crippen LogP contribution is 2.38. The van der Waals surface area contributed by atoms with Gasteiger partial charge >= 0.3 is 6.18 Å². The van der Waals surface area contributed by atoms with E-state index in [2.05, 4.69) is 26.8 Å². The summed E-state index contributed by atoms with van der Waals surface area (Å²) in [4.78, 5) is 15.2. The smallest absolute Gasteiger partial charge is 0.338 e. The normalized spacial score (nSPS) is 19.7. The highest BCUT2D eigenvalue weighted by Gasteiger charge is 2.41. The average Bonchev–Trinajstić information content (AvgIpc) is 3.37. The highest BCUT2D eigenvalue weighted by atomic mass is 19.4. The van der Waals surface area contributed by atoms with Gasteiger partial charge in [-0.15, -0.1) is 0 Å². The van der Waals surface area contributed by atoms with Crippen LogP contribution in [0.1, 0.15) is 50.8 Å². The van der Waals surface area contributed by atoms with Gasteiger partial charge in [0.2, 0.25) is 0 Å². The number of H-pyrrole nitrogens is 1. The van der Waals surface area contributed by atoms with Gasteiger partial charge in [-0.1, -0.05) is 26.0 Å². The van der Waals surface area contributed by atoms with Crippen molar-refractivity contribution >= 4 is 22.4 Å². The van der Waals surface area contributed by atoms with E-state index in [0.29, 0.717) is 22.4 Å². The van der Waals surface area contributed by atoms with Crippen molar-refractivity contribution in [3.05, 3.63) is 52.4 Å². The molecule has 10 heteroatoms. The summed E-state index contributed by atoms with van der Waals surface area (Å²) in [5.41, 5.74) is 0.881. The predicted molar refractivity (Wildman–Crippen MR) is 119 cm³/mol. The molecule has 2 heterocycles. The van der Waals surface area contributed by atoms with Crippen LogP contribution in [0.5, 0.6) is 0 Å². The van der Waals surface area contributed by atoms with Crippen molar-refractivity contribution in [2.45, 2.75) is 57.4 Å². The van der Waals surface area contributed by atoms with Crippen molar-refractivity contribution in [3.63, 3.8) is 0 Å². The van der Waals surface area contributed by atoms with Crippen LogP contribution in [0.4, 0.5) is 24.7 Å².